The van der Waals surface area contributed by atoms with Crippen molar-refractivity contribution in [3.8, 4) is 0 Å². The zero-order valence-corrected chi connectivity index (χ0v) is 8.22. The van der Waals surface area contributed by atoms with Crippen molar-refractivity contribution in [3.05, 3.63) is 30.4 Å². The van der Waals surface area contributed by atoms with E-state index in [1.54, 1.807) is 6.08 Å². The highest BCUT2D eigenvalue weighted by molar-refractivity contribution is 4.97. The topological polar surface area (TPSA) is 28.7 Å². The average molecular weight is 166 g/mol. The van der Waals surface area contributed by atoms with Crippen molar-refractivity contribution < 1.29 is 0 Å². The van der Waals surface area contributed by atoms with Gasteiger partial charge in [0.1, 0.15) is 5.82 Å². The van der Waals surface area contributed by atoms with E-state index in [4.69, 9.17) is 0 Å². The molecule has 68 valence electrons. The Hall–Kier alpha value is -1.05. The van der Waals surface area contributed by atoms with Crippen molar-refractivity contribution in [2.45, 2.75) is 33.6 Å². The van der Waals surface area contributed by atoms with Gasteiger partial charge in [0.05, 0.1) is 5.69 Å². The number of aromatic nitrogens is 2. The number of aryl methyl sites for hydroxylation is 2. The van der Waals surface area contributed by atoms with Crippen LogP contribution in [0.25, 0.3) is 0 Å². The van der Waals surface area contributed by atoms with Crippen molar-refractivity contribution in [2.24, 2.45) is 0 Å². The maximum Gasteiger partial charge on any atom is 0.106 e. The third kappa shape index (κ3) is 4.72. The Bertz CT molecular complexity index is 213. The SMILES string of the molecule is C=CC.CCCc1nc(C)c[nH]1. The Morgan fingerprint density at radius 1 is 1.67 bits per heavy atom. The molecule has 0 aliphatic heterocycles. The van der Waals surface area contributed by atoms with E-state index in [0.29, 0.717) is 0 Å². The van der Waals surface area contributed by atoms with E-state index in [1.807, 2.05) is 20.0 Å². The summed E-state index contributed by atoms with van der Waals surface area (Å²) in [4.78, 5) is 7.34. The first-order valence-electron chi connectivity index (χ1n) is 4.32. The second kappa shape index (κ2) is 6.65. The number of nitrogens with one attached hydrogen (secondary N) is 1. The Morgan fingerprint density at radius 3 is 2.58 bits per heavy atom. The lowest BCUT2D eigenvalue weighted by Gasteiger charge is -1.86. The molecule has 0 fully saturated rings. The molecule has 0 aliphatic rings. The van der Waals surface area contributed by atoms with Gasteiger partial charge in [0.25, 0.3) is 0 Å². The number of H-pyrrole nitrogens is 1. The lowest BCUT2D eigenvalue weighted by molar-refractivity contribution is 0.854. The first kappa shape index (κ1) is 11.0. The number of hydrogen-bond acceptors (Lipinski definition) is 1. The molecular weight excluding hydrogens is 148 g/mol. The van der Waals surface area contributed by atoms with E-state index < -0.39 is 0 Å². The predicted octanol–water partition coefficient (Wildman–Crippen LogP) is 2.86. The molecule has 2 nitrogen and oxygen atoms in total. The molecule has 1 N–H and O–H groups in total. The normalized spacial score (nSPS) is 8.58. The standard InChI is InChI=1S/C7H12N2.C3H6/c1-3-4-7-8-5-6(2)9-7;1-3-2/h5H,3-4H2,1-2H3,(H,8,9);3H,1H2,2H3. The van der Waals surface area contributed by atoms with Crippen LogP contribution in [-0.4, -0.2) is 9.97 Å². The Morgan fingerprint density at radius 2 is 2.25 bits per heavy atom. The molecule has 0 bridgehead atoms. The summed E-state index contributed by atoms with van der Waals surface area (Å²) in [7, 11) is 0. The van der Waals surface area contributed by atoms with Crippen LogP contribution in [0.3, 0.4) is 0 Å². The lowest BCUT2D eigenvalue weighted by atomic mass is 10.3. The molecule has 0 aliphatic carbocycles. The minimum absolute atomic E-state index is 1.06. The lowest BCUT2D eigenvalue weighted by Crippen LogP contribution is -1.84. The maximum absolute atomic E-state index is 4.24. The summed E-state index contributed by atoms with van der Waals surface area (Å²) in [5.74, 6) is 1.11. The summed E-state index contributed by atoms with van der Waals surface area (Å²) in [6.45, 7) is 9.40. The second-order valence-corrected chi connectivity index (χ2v) is 2.65. The van der Waals surface area contributed by atoms with E-state index in [9.17, 15) is 0 Å². The van der Waals surface area contributed by atoms with E-state index in [1.165, 1.54) is 0 Å². The minimum atomic E-state index is 1.06. The van der Waals surface area contributed by atoms with Crippen molar-refractivity contribution in [1.29, 1.82) is 0 Å². The van der Waals surface area contributed by atoms with Crippen LogP contribution in [0, 0.1) is 6.92 Å². The number of nitrogens with zero attached hydrogens (tertiary/aromatic N) is 1. The van der Waals surface area contributed by atoms with Gasteiger partial charge in [0.2, 0.25) is 0 Å². The summed E-state index contributed by atoms with van der Waals surface area (Å²) in [6.07, 6.45) is 5.91. The molecule has 1 aromatic heterocycles. The average Bonchev–Trinajstić information content (AvgIpc) is 2.38. The highest BCUT2D eigenvalue weighted by Gasteiger charge is 1.92. The molecule has 0 aromatic carbocycles. The fourth-order valence-electron chi connectivity index (χ4n) is 0.830. The first-order valence-corrected chi connectivity index (χ1v) is 4.32. The van der Waals surface area contributed by atoms with Crippen LogP contribution >= 0.6 is 0 Å². The van der Waals surface area contributed by atoms with Gasteiger partial charge >= 0.3 is 0 Å². The van der Waals surface area contributed by atoms with Gasteiger partial charge in [-0.1, -0.05) is 13.0 Å². The molecule has 0 saturated carbocycles. The first-order chi connectivity index (χ1) is 5.74. The largest absolute Gasteiger partial charge is 0.348 e. The molecule has 1 rings (SSSR count). The summed E-state index contributed by atoms with van der Waals surface area (Å²) in [5, 5.41) is 0. The summed E-state index contributed by atoms with van der Waals surface area (Å²) < 4.78 is 0. The number of imidazole rings is 1. The van der Waals surface area contributed by atoms with Gasteiger partial charge < -0.3 is 4.98 Å². The highest BCUT2D eigenvalue weighted by atomic mass is 14.9. The molecule has 12 heavy (non-hydrogen) atoms. The quantitative estimate of drug-likeness (QED) is 0.672. The molecule has 0 amide bonds. The van der Waals surface area contributed by atoms with Crippen LogP contribution in [0.4, 0.5) is 0 Å². The second-order valence-electron chi connectivity index (χ2n) is 2.65. The van der Waals surface area contributed by atoms with Crippen LogP contribution in [-0.2, 0) is 6.42 Å². The third-order valence-corrected chi connectivity index (χ3v) is 1.25. The van der Waals surface area contributed by atoms with E-state index in [2.05, 4.69) is 23.5 Å². The number of rotatable bonds is 2. The van der Waals surface area contributed by atoms with E-state index in [0.717, 1.165) is 24.4 Å². The van der Waals surface area contributed by atoms with Crippen molar-refractivity contribution in [2.75, 3.05) is 0 Å². The maximum atomic E-state index is 4.24. The zero-order chi connectivity index (χ0) is 9.40. The van der Waals surface area contributed by atoms with E-state index in [-0.39, 0.29) is 0 Å². The summed E-state index contributed by atoms with van der Waals surface area (Å²) >= 11 is 0. The number of aromatic amines is 1. The van der Waals surface area contributed by atoms with Crippen LogP contribution < -0.4 is 0 Å². The zero-order valence-electron chi connectivity index (χ0n) is 8.22. The Kier molecular flexibility index (Phi) is 6.07. The molecule has 0 unspecified atom stereocenters. The molecule has 1 heterocycles. The molecule has 0 spiro atoms. The summed E-state index contributed by atoms with van der Waals surface area (Å²) in [6, 6.07) is 0. The predicted molar refractivity (Wildman–Crippen MR) is 53.2 cm³/mol. The van der Waals surface area contributed by atoms with Gasteiger partial charge in [-0.25, -0.2) is 4.98 Å². The van der Waals surface area contributed by atoms with Crippen molar-refractivity contribution >= 4 is 0 Å². The third-order valence-electron chi connectivity index (χ3n) is 1.25. The van der Waals surface area contributed by atoms with Crippen LogP contribution in [0.1, 0.15) is 31.8 Å². The fraction of sp³-hybridized carbons (Fsp3) is 0.500. The monoisotopic (exact) mass is 166 g/mol. The van der Waals surface area contributed by atoms with E-state index >= 15 is 0 Å². The molecule has 0 saturated heterocycles. The van der Waals surface area contributed by atoms with Gasteiger partial charge in [-0.15, -0.1) is 6.58 Å². The Balaban J connectivity index is 0.000000354. The van der Waals surface area contributed by atoms with Gasteiger partial charge in [0.15, 0.2) is 0 Å². The van der Waals surface area contributed by atoms with Gasteiger partial charge in [-0.2, -0.15) is 0 Å². The fourth-order valence-corrected chi connectivity index (χ4v) is 0.830. The van der Waals surface area contributed by atoms with Crippen molar-refractivity contribution in [3.63, 3.8) is 0 Å². The van der Waals surface area contributed by atoms with Gasteiger partial charge in [-0.05, 0) is 20.3 Å². The molecule has 0 radical (unpaired) electrons. The minimum Gasteiger partial charge on any atom is -0.348 e. The summed E-state index contributed by atoms with van der Waals surface area (Å²) in [5.41, 5.74) is 1.08. The molecule has 0 atom stereocenters. The molecule has 2 heteroatoms. The number of allylic oxidation sites excluding steroid dienone is 1. The van der Waals surface area contributed by atoms with Crippen LogP contribution in [0.15, 0.2) is 18.9 Å². The van der Waals surface area contributed by atoms with Crippen LogP contribution in [0.5, 0.6) is 0 Å². The highest BCUT2D eigenvalue weighted by Crippen LogP contribution is 1.96. The molecule has 1 aromatic rings. The smallest absolute Gasteiger partial charge is 0.106 e. The van der Waals surface area contributed by atoms with Crippen LogP contribution in [0.2, 0.25) is 0 Å². The Labute approximate surface area is 74.7 Å². The molecular formula is C10H18N2. The number of hydrogen-bond donors (Lipinski definition) is 1. The van der Waals surface area contributed by atoms with Gasteiger partial charge in [0, 0.05) is 12.6 Å². The van der Waals surface area contributed by atoms with Gasteiger partial charge in [-0.3, -0.25) is 0 Å². The van der Waals surface area contributed by atoms with Crippen molar-refractivity contribution in [1.82, 2.24) is 9.97 Å².